The summed E-state index contributed by atoms with van der Waals surface area (Å²) in [4.78, 5) is 4.35. The molecule has 0 saturated carbocycles. The highest BCUT2D eigenvalue weighted by Gasteiger charge is 2.03. The number of rotatable bonds is 4. The van der Waals surface area contributed by atoms with Crippen LogP contribution in [0, 0.1) is 0 Å². The van der Waals surface area contributed by atoms with Gasteiger partial charge in [-0.15, -0.1) is 0 Å². The number of aromatic nitrogens is 2. The predicted molar refractivity (Wildman–Crippen MR) is 58.7 cm³/mol. The lowest BCUT2D eigenvalue weighted by atomic mass is 10.2. The topological polar surface area (TPSA) is 52.5 Å². The van der Waals surface area contributed by atoms with Crippen LogP contribution < -0.4 is 5.73 Å². The zero-order valence-corrected chi connectivity index (χ0v) is 8.81. The molecule has 0 bridgehead atoms. The van der Waals surface area contributed by atoms with Gasteiger partial charge in [0.2, 0.25) is 0 Å². The van der Waals surface area contributed by atoms with Crippen molar-refractivity contribution in [3.05, 3.63) is 35.9 Å². The van der Waals surface area contributed by atoms with Gasteiger partial charge in [0.15, 0.2) is 0 Å². The molecule has 2 N–H and O–H groups in total. The maximum atomic E-state index is 5.60. The van der Waals surface area contributed by atoms with Crippen LogP contribution >= 0.6 is 0 Å². The van der Waals surface area contributed by atoms with E-state index in [4.69, 9.17) is 10.5 Å². The molecule has 4 heteroatoms. The molecule has 0 aliphatic carbocycles. The van der Waals surface area contributed by atoms with Gasteiger partial charge < -0.3 is 14.9 Å². The lowest BCUT2D eigenvalue weighted by Gasteiger charge is -2.03. The normalized spacial score (nSPS) is 11.1. The van der Waals surface area contributed by atoms with E-state index in [-0.39, 0.29) is 0 Å². The maximum absolute atomic E-state index is 5.60. The number of fused-ring (bicyclic) bond motifs is 1. The van der Waals surface area contributed by atoms with Gasteiger partial charge in [-0.1, -0.05) is 6.07 Å². The van der Waals surface area contributed by atoms with E-state index in [9.17, 15) is 0 Å². The fraction of sp³-hybridized carbons (Fsp3) is 0.364. The van der Waals surface area contributed by atoms with Gasteiger partial charge in [-0.2, -0.15) is 0 Å². The molecule has 80 valence electrons. The van der Waals surface area contributed by atoms with Gasteiger partial charge in [0.05, 0.1) is 18.3 Å². The van der Waals surface area contributed by atoms with Crippen LogP contribution in [0.3, 0.4) is 0 Å². The van der Waals surface area contributed by atoms with Crippen molar-refractivity contribution in [2.75, 3.05) is 13.7 Å². The van der Waals surface area contributed by atoms with Crippen LogP contribution in [-0.4, -0.2) is 23.1 Å². The van der Waals surface area contributed by atoms with Crippen molar-refractivity contribution in [1.82, 2.24) is 9.38 Å². The second-order valence-corrected chi connectivity index (χ2v) is 3.45. The standard InChI is InChI=1S/C11H15N3O/c1-15-5-4-11-13-7-10-3-2-9(6-12)8-14(10)11/h2-3,7-8H,4-6,12H2,1H3. The Labute approximate surface area is 88.7 Å². The molecule has 0 atom stereocenters. The Morgan fingerprint density at radius 3 is 3.07 bits per heavy atom. The summed E-state index contributed by atoms with van der Waals surface area (Å²) in [7, 11) is 1.70. The summed E-state index contributed by atoms with van der Waals surface area (Å²) in [6, 6.07) is 4.06. The SMILES string of the molecule is COCCc1ncc2ccc(CN)cn12. The molecule has 0 saturated heterocycles. The summed E-state index contributed by atoms with van der Waals surface area (Å²) in [5, 5.41) is 0. The van der Waals surface area contributed by atoms with Gasteiger partial charge in [0, 0.05) is 26.3 Å². The number of hydrogen-bond acceptors (Lipinski definition) is 3. The first-order valence-electron chi connectivity index (χ1n) is 4.99. The first kappa shape index (κ1) is 10.1. The molecule has 15 heavy (non-hydrogen) atoms. The van der Waals surface area contributed by atoms with Gasteiger partial charge in [-0.3, -0.25) is 0 Å². The summed E-state index contributed by atoms with van der Waals surface area (Å²) in [5.74, 6) is 1.02. The summed E-state index contributed by atoms with van der Waals surface area (Å²) >= 11 is 0. The Morgan fingerprint density at radius 1 is 1.47 bits per heavy atom. The van der Waals surface area contributed by atoms with Gasteiger partial charge in [0.25, 0.3) is 0 Å². The molecule has 0 aliphatic rings. The Bertz CT molecular complexity index is 450. The smallest absolute Gasteiger partial charge is 0.115 e. The molecule has 0 amide bonds. The van der Waals surface area contributed by atoms with E-state index in [1.54, 1.807) is 7.11 Å². The number of imidazole rings is 1. The van der Waals surface area contributed by atoms with E-state index in [1.807, 2.05) is 24.5 Å². The van der Waals surface area contributed by atoms with Crippen LogP contribution in [0.2, 0.25) is 0 Å². The number of ether oxygens (including phenoxy) is 1. The highest BCUT2D eigenvalue weighted by molar-refractivity contribution is 5.47. The molecule has 4 nitrogen and oxygen atoms in total. The number of nitrogens with zero attached hydrogens (tertiary/aromatic N) is 2. The van der Waals surface area contributed by atoms with E-state index in [1.165, 1.54) is 0 Å². The fourth-order valence-corrected chi connectivity index (χ4v) is 1.59. The highest BCUT2D eigenvalue weighted by Crippen LogP contribution is 2.09. The third-order valence-electron chi connectivity index (χ3n) is 2.43. The van der Waals surface area contributed by atoms with Crippen LogP contribution in [0.1, 0.15) is 11.4 Å². The van der Waals surface area contributed by atoms with Crippen molar-refractivity contribution in [2.45, 2.75) is 13.0 Å². The average molecular weight is 205 g/mol. The summed E-state index contributed by atoms with van der Waals surface area (Å²) in [6.07, 6.45) is 4.72. The second-order valence-electron chi connectivity index (χ2n) is 3.45. The van der Waals surface area contributed by atoms with Crippen LogP contribution in [0.25, 0.3) is 5.52 Å². The number of hydrogen-bond donors (Lipinski definition) is 1. The fourth-order valence-electron chi connectivity index (χ4n) is 1.59. The quantitative estimate of drug-likeness (QED) is 0.809. The number of pyridine rings is 1. The molecular weight excluding hydrogens is 190 g/mol. The second kappa shape index (κ2) is 4.42. The minimum Gasteiger partial charge on any atom is -0.384 e. The molecule has 2 aromatic heterocycles. The van der Waals surface area contributed by atoms with Gasteiger partial charge >= 0.3 is 0 Å². The zero-order chi connectivity index (χ0) is 10.7. The minimum absolute atomic E-state index is 0.553. The van der Waals surface area contributed by atoms with Gasteiger partial charge in [-0.05, 0) is 11.6 Å². The molecule has 0 spiro atoms. The van der Waals surface area contributed by atoms with Gasteiger partial charge in [-0.25, -0.2) is 4.98 Å². The van der Waals surface area contributed by atoms with Crippen molar-refractivity contribution in [1.29, 1.82) is 0 Å². The van der Waals surface area contributed by atoms with Crippen molar-refractivity contribution < 1.29 is 4.74 Å². The first-order chi connectivity index (χ1) is 7.35. The highest BCUT2D eigenvalue weighted by atomic mass is 16.5. The predicted octanol–water partition coefficient (Wildman–Crippen LogP) is 0.982. The third-order valence-corrected chi connectivity index (χ3v) is 2.43. The van der Waals surface area contributed by atoms with Crippen LogP contribution in [0.15, 0.2) is 24.5 Å². The number of methoxy groups -OCH3 is 1. The Kier molecular flexibility index (Phi) is 2.99. The lowest BCUT2D eigenvalue weighted by Crippen LogP contribution is -2.03. The Hall–Kier alpha value is -1.39. The largest absolute Gasteiger partial charge is 0.384 e. The molecule has 0 aromatic carbocycles. The summed E-state index contributed by atoms with van der Waals surface area (Å²) in [6.45, 7) is 1.24. The van der Waals surface area contributed by atoms with E-state index in [0.717, 1.165) is 23.3 Å². The van der Waals surface area contributed by atoms with Crippen molar-refractivity contribution in [3.63, 3.8) is 0 Å². The van der Waals surface area contributed by atoms with E-state index in [2.05, 4.69) is 9.38 Å². The van der Waals surface area contributed by atoms with E-state index in [0.29, 0.717) is 13.2 Å². The molecule has 0 fully saturated rings. The van der Waals surface area contributed by atoms with Crippen LogP contribution in [-0.2, 0) is 17.7 Å². The third kappa shape index (κ3) is 2.00. The van der Waals surface area contributed by atoms with Crippen molar-refractivity contribution in [3.8, 4) is 0 Å². The Balaban J connectivity index is 2.38. The molecule has 2 heterocycles. The number of nitrogens with two attached hydrogens (primary N) is 1. The monoisotopic (exact) mass is 205 g/mol. The van der Waals surface area contributed by atoms with E-state index < -0.39 is 0 Å². The lowest BCUT2D eigenvalue weighted by molar-refractivity contribution is 0.200. The molecule has 0 aliphatic heterocycles. The van der Waals surface area contributed by atoms with Crippen molar-refractivity contribution in [2.24, 2.45) is 5.73 Å². The Morgan fingerprint density at radius 2 is 2.33 bits per heavy atom. The summed E-state index contributed by atoms with van der Waals surface area (Å²) < 4.78 is 7.11. The molecule has 0 radical (unpaired) electrons. The van der Waals surface area contributed by atoms with Gasteiger partial charge in [0.1, 0.15) is 5.82 Å². The van der Waals surface area contributed by atoms with E-state index >= 15 is 0 Å². The average Bonchev–Trinajstić information content (AvgIpc) is 2.68. The molecule has 0 unspecified atom stereocenters. The van der Waals surface area contributed by atoms with Crippen molar-refractivity contribution >= 4 is 5.52 Å². The summed E-state index contributed by atoms with van der Waals surface area (Å²) in [5.41, 5.74) is 7.81. The van der Waals surface area contributed by atoms with Crippen LogP contribution in [0.5, 0.6) is 0 Å². The zero-order valence-electron chi connectivity index (χ0n) is 8.81. The molecular formula is C11H15N3O. The minimum atomic E-state index is 0.553. The first-order valence-corrected chi connectivity index (χ1v) is 4.99. The molecule has 2 aromatic rings. The van der Waals surface area contributed by atoms with Crippen LogP contribution in [0.4, 0.5) is 0 Å². The molecule has 2 rings (SSSR count). The maximum Gasteiger partial charge on any atom is 0.115 e.